The van der Waals surface area contributed by atoms with Crippen molar-refractivity contribution in [3.05, 3.63) is 59.4 Å². The van der Waals surface area contributed by atoms with Crippen LogP contribution in [0.25, 0.3) is 0 Å². The quantitative estimate of drug-likeness (QED) is 0.872. The first kappa shape index (κ1) is 15.9. The molecular weight excluding hydrogens is 295 g/mol. The SMILES string of the molecule is Cc1cccc(OC(C)C(=O)Nc2ccc(F)c(F)c2F)c1. The minimum atomic E-state index is -1.63. The molecule has 0 heterocycles. The zero-order valence-corrected chi connectivity index (χ0v) is 12.0. The number of carbonyl (C=O) groups excluding carboxylic acids is 1. The lowest BCUT2D eigenvalue weighted by Crippen LogP contribution is -2.30. The van der Waals surface area contributed by atoms with E-state index in [0.717, 1.165) is 17.7 Å². The number of rotatable bonds is 4. The lowest BCUT2D eigenvalue weighted by Gasteiger charge is -2.15. The summed E-state index contributed by atoms with van der Waals surface area (Å²) in [4.78, 5) is 11.9. The molecule has 2 aromatic rings. The van der Waals surface area contributed by atoms with Crippen molar-refractivity contribution < 1.29 is 22.7 Å². The summed E-state index contributed by atoms with van der Waals surface area (Å²) in [5.41, 5.74) is 0.514. The summed E-state index contributed by atoms with van der Waals surface area (Å²) >= 11 is 0. The van der Waals surface area contributed by atoms with E-state index >= 15 is 0 Å². The predicted octanol–water partition coefficient (Wildman–Crippen LogP) is 3.82. The molecule has 0 aliphatic heterocycles. The Morgan fingerprint density at radius 2 is 1.86 bits per heavy atom. The van der Waals surface area contributed by atoms with Gasteiger partial charge in [0.25, 0.3) is 5.91 Å². The van der Waals surface area contributed by atoms with Crippen molar-refractivity contribution in [3.63, 3.8) is 0 Å². The monoisotopic (exact) mass is 309 g/mol. The summed E-state index contributed by atoms with van der Waals surface area (Å²) in [6.07, 6.45) is -0.936. The van der Waals surface area contributed by atoms with Crippen LogP contribution in [0.5, 0.6) is 5.75 Å². The molecule has 2 aromatic carbocycles. The van der Waals surface area contributed by atoms with Crippen LogP contribution in [0.3, 0.4) is 0 Å². The van der Waals surface area contributed by atoms with Crippen molar-refractivity contribution in [1.82, 2.24) is 0 Å². The molecule has 0 spiro atoms. The molecule has 0 aliphatic carbocycles. The van der Waals surface area contributed by atoms with Gasteiger partial charge in [0.05, 0.1) is 5.69 Å². The Hall–Kier alpha value is -2.50. The van der Waals surface area contributed by atoms with Crippen molar-refractivity contribution in [1.29, 1.82) is 0 Å². The normalized spacial score (nSPS) is 11.9. The van der Waals surface area contributed by atoms with Crippen molar-refractivity contribution >= 4 is 11.6 Å². The average Bonchev–Trinajstić information content (AvgIpc) is 2.47. The van der Waals surface area contributed by atoms with Gasteiger partial charge in [0, 0.05) is 0 Å². The van der Waals surface area contributed by atoms with Crippen LogP contribution in [0.1, 0.15) is 12.5 Å². The van der Waals surface area contributed by atoms with Crippen LogP contribution in [0.4, 0.5) is 18.9 Å². The maximum absolute atomic E-state index is 13.5. The maximum atomic E-state index is 13.5. The van der Waals surface area contributed by atoms with E-state index in [1.165, 1.54) is 6.92 Å². The van der Waals surface area contributed by atoms with Gasteiger partial charge in [-0.2, -0.15) is 0 Å². The fourth-order valence-electron chi connectivity index (χ4n) is 1.80. The average molecular weight is 309 g/mol. The number of ether oxygens (including phenoxy) is 1. The van der Waals surface area contributed by atoms with Crippen LogP contribution < -0.4 is 10.1 Å². The van der Waals surface area contributed by atoms with Crippen molar-refractivity contribution in [2.75, 3.05) is 5.32 Å². The predicted molar refractivity (Wildman–Crippen MR) is 76.2 cm³/mol. The molecule has 1 atom stereocenters. The summed E-state index contributed by atoms with van der Waals surface area (Å²) in [5, 5.41) is 2.17. The van der Waals surface area contributed by atoms with Gasteiger partial charge < -0.3 is 10.1 Å². The maximum Gasteiger partial charge on any atom is 0.265 e. The fourth-order valence-corrected chi connectivity index (χ4v) is 1.80. The molecule has 0 radical (unpaired) electrons. The lowest BCUT2D eigenvalue weighted by atomic mass is 10.2. The Labute approximate surface area is 125 Å². The second kappa shape index (κ2) is 6.51. The highest BCUT2D eigenvalue weighted by atomic mass is 19.2. The number of halogens is 3. The van der Waals surface area contributed by atoms with Crippen molar-refractivity contribution in [2.45, 2.75) is 20.0 Å². The van der Waals surface area contributed by atoms with Crippen LogP contribution in [-0.2, 0) is 4.79 Å². The number of anilines is 1. The molecule has 0 aliphatic rings. The van der Waals surface area contributed by atoms with Crippen LogP contribution >= 0.6 is 0 Å². The third kappa shape index (κ3) is 3.58. The number of hydrogen-bond donors (Lipinski definition) is 1. The van der Waals surface area contributed by atoms with Gasteiger partial charge in [-0.3, -0.25) is 4.79 Å². The van der Waals surface area contributed by atoms with Gasteiger partial charge in [-0.05, 0) is 43.7 Å². The third-order valence-electron chi connectivity index (χ3n) is 2.96. The molecule has 0 aromatic heterocycles. The van der Waals surface area contributed by atoms with Gasteiger partial charge in [0.15, 0.2) is 23.6 Å². The first-order valence-electron chi connectivity index (χ1n) is 6.56. The van der Waals surface area contributed by atoms with Gasteiger partial charge in [0.2, 0.25) is 0 Å². The van der Waals surface area contributed by atoms with E-state index < -0.39 is 35.2 Å². The van der Waals surface area contributed by atoms with Crippen molar-refractivity contribution in [2.24, 2.45) is 0 Å². The van der Waals surface area contributed by atoms with E-state index in [-0.39, 0.29) is 0 Å². The van der Waals surface area contributed by atoms with Crippen LogP contribution in [0.15, 0.2) is 36.4 Å². The Balaban J connectivity index is 2.07. The molecule has 22 heavy (non-hydrogen) atoms. The zero-order valence-electron chi connectivity index (χ0n) is 12.0. The summed E-state index contributed by atoms with van der Waals surface area (Å²) in [5.74, 6) is -4.60. The van der Waals surface area contributed by atoms with Crippen LogP contribution in [0, 0.1) is 24.4 Å². The molecule has 116 valence electrons. The highest BCUT2D eigenvalue weighted by Gasteiger charge is 2.19. The molecule has 0 saturated carbocycles. The number of nitrogens with one attached hydrogen (secondary N) is 1. The molecule has 6 heteroatoms. The number of hydrogen-bond acceptors (Lipinski definition) is 2. The van der Waals surface area contributed by atoms with Gasteiger partial charge in [-0.15, -0.1) is 0 Å². The van der Waals surface area contributed by atoms with Crippen LogP contribution in [0.2, 0.25) is 0 Å². The van der Waals surface area contributed by atoms with E-state index in [0.29, 0.717) is 5.75 Å². The Morgan fingerprint density at radius 1 is 1.14 bits per heavy atom. The number of amides is 1. The Bertz CT molecular complexity index is 704. The van der Waals surface area contributed by atoms with E-state index in [4.69, 9.17) is 4.74 Å². The topological polar surface area (TPSA) is 38.3 Å². The van der Waals surface area contributed by atoms with E-state index in [2.05, 4.69) is 5.32 Å². The fraction of sp³-hybridized carbons (Fsp3) is 0.188. The summed E-state index contributed by atoms with van der Waals surface area (Å²) < 4.78 is 44.8. The molecule has 1 unspecified atom stereocenters. The number of benzene rings is 2. The van der Waals surface area contributed by atoms with Gasteiger partial charge >= 0.3 is 0 Å². The first-order chi connectivity index (χ1) is 10.4. The molecule has 3 nitrogen and oxygen atoms in total. The van der Waals surface area contributed by atoms with Gasteiger partial charge in [-0.1, -0.05) is 12.1 Å². The minimum absolute atomic E-state index is 0.441. The number of aryl methyl sites for hydroxylation is 1. The highest BCUT2D eigenvalue weighted by molar-refractivity contribution is 5.94. The van der Waals surface area contributed by atoms with Crippen LogP contribution in [-0.4, -0.2) is 12.0 Å². The van der Waals surface area contributed by atoms with Crippen molar-refractivity contribution in [3.8, 4) is 5.75 Å². The molecule has 1 amide bonds. The van der Waals surface area contributed by atoms with E-state index in [1.807, 2.05) is 13.0 Å². The second-order valence-corrected chi connectivity index (χ2v) is 4.79. The van der Waals surface area contributed by atoms with E-state index in [9.17, 15) is 18.0 Å². The lowest BCUT2D eigenvalue weighted by molar-refractivity contribution is -0.122. The zero-order chi connectivity index (χ0) is 16.3. The largest absolute Gasteiger partial charge is 0.481 e. The summed E-state index contributed by atoms with van der Waals surface area (Å²) in [6, 6.07) is 8.74. The minimum Gasteiger partial charge on any atom is -0.481 e. The standard InChI is InChI=1S/C16H14F3NO2/c1-9-4-3-5-11(8-9)22-10(2)16(21)20-13-7-6-12(17)14(18)15(13)19/h3-8,10H,1-2H3,(H,20,21). The molecule has 1 N–H and O–H groups in total. The molecule has 2 rings (SSSR count). The van der Waals surface area contributed by atoms with E-state index in [1.54, 1.807) is 18.2 Å². The third-order valence-corrected chi connectivity index (χ3v) is 2.96. The smallest absolute Gasteiger partial charge is 0.265 e. The first-order valence-corrected chi connectivity index (χ1v) is 6.56. The molecular formula is C16H14F3NO2. The Morgan fingerprint density at radius 3 is 2.55 bits per heavy atom. The summed E-state index contributed by atoms with van der Waals surface area (Å²) in [6.45, 7) is 3.34. The van der Waals surface area contributed by atoms with Gasteiger partial charge in [0.1, 0.15) is 5.75 Å². The second-order valence-electron chi connectivity index (χ2n) is 4.79. The highest BCUT2D eigenvalue weighted by Crippen LogP contribution is 2.20. The molecule has 0 fully saturated rings. The number of carbonyl (C=O) groups is 1. The molecule has 0 saturated heterocycles. The summed E-state index contributed by atoms with van der Waals surface area (Å²) in [7, 11) is 0. The Kier molecular flexibility index (Phi) is 4.70. The van der Waals surface area contributed by atoms with Gasteiger partial charge in [-0.25, -0.2) is 13.2 Å². The molecule has 0 bridgehead atoms.